The molecule has 0 aliphatic carbocycles. The first-order valence-corrected chi connectivity index (χ1v) is 7.41. The number of benzene rings is 2. The van der Waals surface area contributed by atoms with Gasteiger partial charge in [0, 0.05) is 11.3 Å². The summed E-state index contributed by atoms with van der Waals surface area (Å²) in [6.07, 6.45) is 2.13. The van der Waals surface area contributed by atoms with Gasteiger partial charge in [-0.15, -0.1) is 11.8 Å². The number of methoxy groups -OCH3 is 1. The topological polar surface area (TPSA) is 29.5 Å². The van der Waals surface area contributed by atoms with Crippen molar-refractivity contribution in [1.82, 2.24) is 0 Å². The normalized spacial score (nSPS) is 12.2. The van der Waals surface area contributed by atoms with Gasteiger partial charge in [-0.1, -0.05) is 30.3 Å². The molecule has 0 aliphatic rings. The summed E-state index contributed by atoms with van der Waals surface area (Å²) < 4.78 is 5.20. The lowest BCUT2D eigenvalue weighted by Crippen LogP contribution is -2.03. The van der Waals surface area contributed by atoms with Crippen molar-refractivity contribution in [1.29, 1.82) is 0 Å². The van der Waals surface area contributed by atoms with Crippen LogP contribution in [-0.2, 0) is 6.42 Å². The van der Waals surface area contributed by atoms with Crippen molar-refractivity contribution in [2.24, 2.45) is 0 Å². The Morgan fingerprint density at radius 1 is 1.16 bits per heavy atom. The van der Waals surface area contributed by atoms with Gasteiger partial charge < -0.3 is 9.84 Å². The van der Waals surface area contributed by atoms with E-state index in [0.717, 1.165) is 21.8 Å². The summed E-state index contributed by atoms with van der Waals surface area (Å²) in [4.78, 5) is 1.12. The summed E-state index contributed by atoms with van der Waals surface area (Å²) in [5.74, 6) is 0.822. The molecule has 0 heterocycles. The second kappa shape index (κ2) is 6.64. The van der Waals surface area contributed by atoms with Gasteiger partial charge in [-0.2, -0.15) is 0 Å². The Morgan fingerprint density at radius 2 is 1.95 bits per heavy atom. The molecule has 19 heavy (non-hydrogen) atoms. The highest BCUT2D eigenvalue weighted by Gasteiger charge is 2.12. The molecule has 2 nitrogen and oxygen atoms in total. The van der Waals surface area contributed by atoms with Gasteiger partial charge >= 0.3 is 0 Å². The fourth-order valence-electron chi connectivity index (χ4n) is 2.07. The molecule has 2 aromatic carbocycles. The minimum absolute atomic E-state index is 0.490. The standard InChI is InChI=1S/C16H18O2S/c1-18-13-7-5-6-12(10-13)11-15(17)14-8-3-4-9-16(14)19-2/h3-10,15,17H,11H2,1-2H3. The number of ether oxygens (including phenoxy) is 1. The fraction of sp³-hybridized carbons (Fsp3) is 0.250. The van der Waals surface area contributed by atoms with Crippen molar-refractivity contribution in [3.8, 4) is 5.75 Å². The van der Waals surface area contributed by atoms with Gasteiger partial charge in [-0.05, 0) is 35.6 Å². The zero-order valence-electron chi connectivity index (χ0n) is 11.2. The monoisotopic (exact) mass is 274 g/mol. The van der Waals surface area contributed by atoms with E-state index in [9.17, 15) is 5.11 Å². The van der Waals surface area contributed by atoms with E-state index in [2.05, 4.69) is 0 Å². The zero-order valence-corrected chi connectivity index (χ0v) is 12.0. The van der Waals surface area contributed by atoms with Crippen molar-refractivity contribution in [3.63, 3.8) is 0 Å². The second-order valence-electron chi connectivity index (χ2n) is 4.31. The molecule has 1 N–H and O–H groups in total. The van der Waals surface area contributed by atoms with Crippen LogP contribution in [0, 0.1) is 0 Å². The molecule has 0 spiro atoms. The van der Waals surface area contributed by atoms with Gasteiger partial charge in [0.05, 0.1) is 13.2 Å². The van der Waals surface area contributed by atoms with E-state index in [1.54, 1.807) is 18.9 Å². The Kier molecular flexibility index (Phi) is 4.88. The van der Waals surface area contributed by atoms with Crippen molar-refractivity contribution >= 4 is 11.8 Å². The van der Waals surface area contributed by atoms with Gasteiger partial charge in [0.2, 0.25) is 0 Å². The number of hydrogen-bond donors (Lipinski definition) is 1. The molecule has 0 saturated heterocycles. The molecule has 2 aromatic rings. The number of aliphatic hydroxyl groups is 1. The summed E-state index contributed by atoms with van der Waals surface area (Å²) >= 11 is 1.66. The summed E-state index contributed by atoms with van der Waals surface area (Å²) in [6.45, 7) is 0. The van der Waals surface area contributed by atoms with Crippen LogP contribution in [0.15, 0.2) is 53.4 Å². The SMILES string of the molecule is COc1cccc(CC(O)c2ccccc2SC)c1. The minimum Gasteiger partial charge on any atom is -0.497 e. The van der Waals surface area contributed by atoms with Crippen molar-refractivity contribution < 1.29 is 9.84 Å². The molecule has 0 aromatic heterocycles. The maximum atomic E-state index is 10.4. The summed E-state index contributed by atoms with van der Waals surface area (Å²) in [5, 5.41) is 10.4. The third-order valence-electron chi connectivity index (χ3n) is 3.06. The van der Waals surface area contributed by atoms with Crippen molar-refractivity contribution in [2.45, 2.75) is 17.4 Å². The fourth-order valence-corrected chi connectivity index (χ4v) is 2.73. The van der Waals surface area contributed by atoms with Crippen LogP contribution in [0.3, 0.4) is 0 Å². The van der Waals surface area contributed by atoms with Crippen molar-refractivity contribution in [2.75, 3.05) is 13.4 Å². The average molecular weight is 274 g/mol. The average Bonchev–Trinajstić information content (AvgIpc) is 2.47. The quantitative estimate of drug-likeness (QED) is 0.843. The number of rotatable bonds is 5. The Balaban J connectivity index is 2.18. The lowest BCUT2D eigenvalue weighted by Gasteiger charge is -2.15. The maximum Gasteiger partial charge on any atom is 0.119 e. The smallest absolute Gasteiger partial charge is 0.119 e. The van der Waals surface area contributed by atoms with Gasteiger partial charge in [0.15, 0.2) is 0 Å². The first-order valence-electron chi connectivity index (χ1n) is 6.18. The molecule has 2 rings (SSSR count). The zero-order chi connectivity index (χ0) is 13.7. The maximum absolute atomic E-state index is 10.4. The lowest BCUT2D eigenvalue weighted by atomic mass is 10.0. The van der Waals surface area contributed by atoms with Crippen LogP contribution >= 0.6 is 11.8 Å². The van der Waals surface area contributed by atoms with Gasteiger partial charge in [0.25, 0.3) is 0 Å². The molecule has 3 heteroatoms. The van der Waals surface area contributed by atoms with E-state index in [1.165, 1.54) is 0 Å². The van der Waals surface area contributed by atoms with Crippen LogP contribution < -0.4 is 4.74 Å². The van der Waals surface area contributed by atoms with Crippen LogP contribution in [0.1, 0.15) is 17.2 Å². The summed E-state index contributed by atoms with van der Waals surface area (Å²) in [7, 11) is 1.65. The number of aliphatic hydroxyl groups excluding tert-OH is 1. The van der Waals surface area contributed by atoms with Crippen LogP contribution in [-0.4, -0.2) is 18.5 Å². The second-order valence-corrected chi connectivity index (χ2v) is 5.16. The lowest BCUT2D eigenvalue weighted by molar-refractivity contribution is 0.175. The first-order chi connectivity index (χ1) is 9.24. The van der Waals surface area contributed by atoms with Crippen LogP contribution in [0.2, 0.25) is 0 Å². The highest BCUT2D eigenvalue weighted by atomic mass is 32.2. The molecule has 0 fully saturated rings. The molecule has 0 bridgehead atoms. The van der Waals surface area contributed by atoms with Crippen LogP contribution in [0.5, 0.6) is 5.75 Å². The predicted molar refractivity (Wildman–Crippen MR) is 79.9 cm³/mol. The van der Waals surface area contributed by atoms with Crippen LogP contribution in [0.4, 0.5) is 0 Å². The predicted octanol–water partition coefficient (Wildman–Crippen LogP) is 3.69. The van der Waals surface area contributed by atoms with Crippen molar-refractivity contribution in [3.05, 3.63) is 59.7 Å². The Morgan fingerprint density at radius 3 is 2.68 bits per heavy atom. The highest BCUT2D eigenvalue weighted by Crippen LogP contribution is 2.28. The minimum atomic E-state index is -0.490. The Hall–Kier alpha value is -1.45. The molecular formula is C16H18O2S. The van der Waals surface area contributed by atoms with E-state index >= 15 is 0 Å². The van der Waals surface area contributed by atoms with E-state index in [0.29, 0.717) is 6.42 Å². The summed E-state index contributed by atoms with van der Waals surface area (Å²) in [6, 6.07) is 15.8. The third kappa shape index (κ3) is 3.52. The number of thioether (sulfide) groups is 1. The molecule has 0 amide bonds. The molecule has 0 radical (unpaired) electrons. The highest BCUT2D eigenvalue weighted by molar-refractivity contribution is 7.98. The first kappa shape index (κ1) is 14.0. The van der Waals surface area contributed by atoms with E-state index < -0.39 is 6.10 Å². The molecular weight excluding hydrogens is 256 g/mol. The van der Waals surface area contributed by atoms with Crippen LogP contribution in [0.25, 0.3) is 0 Å². The van der Waals surface area contributed by atoms with E-state index in [1.807, 2.05) is 54.8 Å². The molecule has 100 valence electrons. The Bertz CT molecular complexity index is 540. The molecule has 0 saturated carbocycles. The molecule has 1 unspecified atom stereocenters. The summed E-state index contributed by atoms with van der Waals surface area (Å²) in [5.41, 5.74) is 2.06. The largest absolute Gasteiger partial charge is 0.497 e. The Labute approximate surface area is 118 Å². The molecule has 1 atom stereocenters. The van der Waals surface area contributed by atoms with E-state index in [-0.39, 0.29) is 0 Å². The van der Waals surface area contributed by atoms with Gasteiger partial charge in [0.1, 0.15) is 5.75 Å². The third-order valence-corrected chi connectivity index (χ3v) is 3.87. The number of hydrogen-bond acceptors (Lipinski definition) is 3. The van der Waals surface area contributed by atoms with Gasteiger partial charge in [-0.3, -0.25) is 0 Å². The molecule has 0 aliphatic heterocycles. The van der Waals surface area contributed by atoms with E-state index in [4.69, 9.17) is 4.74 Å². The van der Waals surface area contributed by atoms with Gasteiger partial charge in [-0.25, -0.2) is 0 Å².